The Labute approximate surface area is 251 Å². The zero-order valence-corrected chi connectivity index (χ0v) is 24.7. The Bertz CT molecular complexity index is 1560. The molecule has 2 saturated heterocycles. The van der Waals surface area contributed by atoms with Crippen LogP contribution >= 0.6 is 11.6 Å². The van der Waals surface area contributed by atoms with E-state index in [-0.39, 0.29) is 23.3 Å². The Balaban J connectivity index is 1.57. The fourth-order valence-corrected chi connectivity index (χ4v) is 5.87. The first-order chi connectivity index (χ1) is 20.3. The standard InChI is InChI=1S/C30H32ClF4N5O3/c1-17-15-40(16-18(2)38(17)3)27-13-24(32)20(19-4-5-26(23(31)10-19)39-6-8-43-9-7-39)11-25(27)37-29(42)21-14-36-28(41)12-22(21)30(33,34)35/h4-5,10-14,17-18H,6-9,15-16H2,1-3H3,(H,36,41)(H,37,42)/t17-,18+. The Hall–Kier alpha value is -3.61. The minimum absolute atomic E-state index is 0.0811. The number of H-pyrrole nitrogens is 1. The van der Waals surface area contributed by atoms with Crippen LogP contribution in [0.15, 0.2) is 47.4 Å². The zero-order chi connectivity index (χ0) is 31.1. The zero-order valence-electron chi connectivity index (χ0n) is 23.9. The van der Waals surface area contributed by atoms with Crippen LogP contribution in [0.1, 0.15) is 29.8 Å². The van der Waals surface area contributed by atoms with Crippen molar-refractivity contribution in [2.24, 2.45) is 0 Å². The highest BCUT2D eigenvalue weighted by molar-refractivity contribution is 6.33. The van der Waals surface area contributed by atoms with Crippen LogP contribution in [0, 0.1) is 5.82 Å². The second kappa shape index (κ2) is 12.2. The number of hydrogen-bond donors (Lipinski definition) is 2. The first-order valence-corrected chi connectivity index (χ1v) is 14.3. The Morgan fingerprint density at radius 2 is 1.70 bits per heavy atom. The van der Waals surface area contributed by atoms with Gasteiger partial charge in [-0.15, -0.1) is 0 Å². The number of aromatic amines is 1. The van der Waals surface area contributed by atoms with Crippen molar-refractivity contribution in [3.05, 3.63) is 74.9 Å². The van der Waals surface area contributed by atoms with Crippen molar-refractivity contribution in [2.45, 2.75) is 32.1 Å². The third-order valence-corrected chi connectivity index (χ3v) is 8.42. The molecule has 5 rings (SSSR count). The van der Waals surface area contributed by atoms with Crippen molar-refractivity contribution >= 4 is 34.6 Å². The molecule has 0 bridgehead atoms. The van der Waals surface area contributed by atoms with E-state index in [9.17, 15) is 22.8 Å². The summed E-state index contributed by atoms with van der Waals surface area (Å²) >= 11 is 6.62. The summed E-state index contributed by atoms with van der Waals surface area (Å²) < 4.78 is 62.5. The van der Waals surface area contributed by atoms with Crippen molar-refractivity contribution in [1.82, 2.24) is 9.88 Å². The third kappa shape index (κ3) is 6.51. The lowest BCUT2D eigenvalue weighted by Gasteiger charge is -2.44. The second-order valence-electron chi connectivity index (χ2n) is 11.0. The number of alkyl halides is 3. The molecule has 0 radical (unpaired) electrons. The molecule has 2 N–H and O–H groups in total. The summed E-state index contributed by atoms with van der Waals surface area (Å²) in [4.78, 5) is 33.3. The number of piperazine rings is 1. The van der Waals surface area contributed by atoms with Gasteiger partial charge in [-0.05, 0) is 50.7 Å². The van der Waals surface area contributed by atoms with Crippen LogP contribution in [0.3, 0.4) is 0 Å². The SMILES string of the molecule is C[C@@H]1CN(c2cc(F)c(-c3ccc(N4CCOCC4)c(Cl)c3)cc2NC(=O)c2c[nH]c(=O)cc2C(F)(F)F)C[C@H](C)N1C. The maximum Gasteiger partial charge on any atom is 0.417 e. The monoisotopic (exact) mass is 621 g/mol. The van der Waals surface area contributed by atoms with E-state index in [4.69, 9.17) is 16.3 Å². The van der Waals surface area contributed by atoms with Crippen LogP contribution in [-0.2, 0) is 10.9 Å². The predicted molar refractivity (Wildman–Crippen MR) is 159 cm³/mol. The lowest BCUT2D eigenvalue weighted by Crippen LogP contribution is -2.55. The van der Waals surface area contributed by atoms with Crippen molar-refractivity contribution < 1.29 is 27.1 Å². The Kier molecular flexibility index (Phi) is 8.73. The number of carbonyl (C=O) groups excluding carboxylic acids is 1. The van der Waals surface area contributed by atoms with E-state index in [1.807, 2.05) is 25.8 Å². The van der Waals surface area contributed by atoms with Crippen LogP contribution in [0.4, 0.5) is 34.6 Å². The van der Waals surface area contributed by atoms with Crippen LogP contribution in [0.2, 0.25) is 5.02 Å². The van der Waals surface area contributed by atoms with Crippen molar-refractivity contribution in [3.8, 4) is 11.1 Å². The fourth-order valence-electron chi connectivity index (χ4n) is 5.57. The average molecular weight is 622 g/mol. The second-order valence-corrected chi connectivity index (χ2v) is 11.4. The molecule has 0 unspecified atom stereocenters. The van der Waals surface area contributed by atoms with E-state index in [1.54, 1.807) is 18.2 Å². The number of likely N-dealkylation sites (N-methyl/N-ethyl adjacent to an activating group) is 1. The number of carbonyl (C=O) groups is 1. The molecule has 13 heteroatoms. The van der Waals surface area contributed by atoms with Gasteiger partial charge in [-0.2, -0.15) is 13.2 Å². The lowest BCUT2D eigenvalue weighted by molar-refractivity contribution is -0.138. The van der Waals surface area contributed by atoms with E-state index in [1.165, 1.54) is 12.1 Å². The maximum absolute atomic E-state index is 15.8. The number of nitrogens with zero attached hydrogens (tertiary/aromatic N) is 3. The van der Waals surface area contributed by atoms with Gasteiger partial charge in [-0.3, -0.25) is 14.5 Å². The summed E-state index contributed by atoms with van der Waals surface area (Å²) in [6, 6.07) is 8.33. The predicted octanol–water partition coefficient (Wildman–Crippen LogP) is 5.47. The molecule has 2 aliphatic heterocycles. The molecular formula is C30H32ClF4N5O3. The Morgan fingerprint density at radius 3 is 2.33 bits per heavy atom. The summed E-state index contributed by atoms with van der Waals surface area (Å²) in [7, 11) is 1.98. The van der Waals surface area contributed by atoms with Gasteiger partial charge in [0.2, 0.25) is 5.56 Å². The first-order valence-electron chi connectivity index (χ1n) is 13.9. The smallest absolute Gasteiger partial charge is 0.378 e. The number of pyridine rings is 1. The average Bonchev–Trinajstić information content (AvgIpc) is 2.96. The molecule has 1 amide bonds. The minimum atomic E-state index is -4.95. The van der Waals surface area contributed by atoms with Crippen LogP contribution in [-0.4, -0.2) is 74.3 Å². The quantitative estimate of drug-likeness (QED) is 0.368. The summed E-state index contributed by atoms with van der Waals surface area (Å²) in [5.74, 6) is -1.68. The van der Waals surface area contributed by atoms with E-state index in [0.717, 1.165) is 11.9 Å². The van der Waals surface area contributed by atoms with Gasteiger partial charge in [0.25, 0.3) is 5.91 Å². The van der Waals surface area contributed by atoms with E-state index in [0.29, 0.717) is 61.7 Å². The minimum Gasteiger partial charge on any atom is -0.378 e. The number of rotatable bonds is 5. The molecule has 1 aromatic heterocycles. The lowest BCUT2D eigenvalue weighted by atomic mass is 10.0. The molecule has 0 aliphatic carbocycles. The number of anilines is 3. The summed E-state index contributed by atoms with van der Waals surface area (Å²) in [6.07, 6.45) is -4.21. The highest BCUT2D eigenvalue weighted by Crippen LogP contribution is 2.39. The molecule has 2 fully saturated rings. The van der Waals surface area contributed by atoms with Gasteiger partial charge in [-0.25, -0.2) is 4.39 Å². The number of amides is 1. The maximum atomic E-state index is 15.8. The van der Waals surface area contributed by atoms with E-state index in [2.05, 4.69) is 20.1 Å². The molecule has 2 atom stereocenters. The third-order valence-electron chi connectivity index (χ3n) is 8.12. The van der Waals surface area contributed by atoms with Gasteiger partial charge < -0.3 is 24.8 Å². The van der Waals surface area contributed by atoms with Gasteiger partial charge >= 0.3 is 6.18 Å². The van der Waals surface area contributed by atoms with Gasteiger partial charge in [0, 0.05) is 56.1 Å². The van der Waals surface area contributed by atoms with Gasteiger partial charge in [0.1, 0.15) is 5.82 Å². The van der Waals surface area contributed by atoms with Crippen molar-refractivity contribution in [1.29, 1.82) is 0 Å². The molecule has 2 aromatic carbocycles. The number of hydrogen-bond acceptors (Lipinski definition) is 6. The van der Waals surface area contributed by atoms with Crippen LogP contribution in [0.5, 0.6) is 0 Å². The number of benzene rings is 2. The molecule has 43 heavy (non-hydrogen) atoms. The number of nitrogens with one attached hydrogen (secondary N) is 2. The molecule has 0 saturated carbocycles. The van der Waals surface area contributed by atoms with Gasteiger partial charge in [0.05, 0.1) is 46.4 Å². The molecule has 0 spiro atoms. The Morgan fingerprint density at radius 1 is 1.02 bits per heavy atom. The number of ether oxygens (including phenoxy) is 1. The molecule has 2 aliphatic rings. The molecule has 230 valence electrons. The fraction of sp³-hybridized carbons (Fsp3) is 0.400. The summed E-state index contributed by atoms with van der Waals surface area (Å²) in [5, 5.41) is 2.98. The normalized spacial score (nSPS) is 19.9. The molecule has 3 heterocycles. The van der Waals surface area contributed by atoms with Crippen molar-refractivity contribution in [3.63, 3.8) is 0 Å². The molecule has 8 nitrogen and oxygen atoms in total. The first kappa shape index (κ1) is 30.8. The highest BCUT2D eigenvalue weighted by Gasteiger charge is 2.36. The molecular weight excluding hydrogens is 590 g/mol. The largest absolute Gasteiger partial charge is 0.417 e. The number of morpholine rings is 1. The van der Waals surface area contributed by atoms with E-state index >= 15 is 4.39 Å². The van der Waals surface area contributed by atoms with Gasteiger partial charge in [0.15, 0.2) is 0 Å². The number of aromatic nitrogens is 1. The van der Waals surface area contributed by atoms with E-state index < -0.39 is 34.6 Å². The number of halogens is 5. The summed E-state index contributed by atoms with van der Waals surface area (Å²) in [5.41, 5.74) is -1.35. The van der Waals surface area contributed by atoms with Crippen molar-refractivity contribution in [2.75, 3.05) is 61.6 Å². The van der Waals surface area contributed by atoms with Crippen LogP contribution in [0.25, 0.3) is 11.1 Å². The highest BCUT2D eigenvalue weighted by atomic mass is 35.5. The van der Waals surface area contributed by atoms with Crippen LogP contribution < -0.4 is 20.7 Å². The topological polar surface area (TPSA) is 80.9 Å². The molecule has 3 aromatic rings. The van der Waals surface area contributed by atoms with Gasteiger partial charge in [-0.1, -0.05) is 17.7 Å². The summed E-state index contributed by atoms with van der Waals surface area (Å²) in [6.45, 7) is 7.46.